The smallest absolute Gasteiger partial charge is 0.119 e. The highest BCUT2D eigenvalue weighted by Gasteiger charge is 2.14. The molecule has 0 radical (unpaired) electrons. The van der Waals surface area contributed by atoms with Crippen LogP contribution in [0.2, 0.25) is 0 Å². The van der Waals surface area contributed by atoms with Gasteiger partial charge in [0.15, 0.2) is 0 Å². The Hall–Kier alpha value is -2.28. The number of nitrogens with zero attached hydrogens (tertiary/aromatic N) is 2. The second-order valence-corrected chi connectivity index (χ2v) is 8.19. The summed E-state index contributed by atoms with van der Waals surface area (Å²) in [6.07, 6.45) is -0.559. The number of rotatable bonds is 7. The Bertz CT molecular complexity index is 842. The number of nitrogens with one attached hydrogen (secondary N) is 1. The van der Waals surface area contributed by atoms with Crippen LogP contribution in [0.1, 0.15) is 20.8 Å². The van der Waals surface area contributed by atoms with E-state index in [0.29, 0.717) is 6.54 Å². The van der Waals surface area contributed by atoms with Crippen LogP contribution in [0.25, 0.3) is 21.7 Å². The van der Waals surface area contributed by atoms with Crippen molar-refractivity contribution >= 4 is 11.5 Å². The largest absolute Gasteiger partial charge is 0.491 e. The zero-order valence-electron chi connectivity index (χ0n) is 15.8. The fraction of sp³-hybridized carbons (Fsp3) is 0.333. The van der Waals surface area contributed by atoms with Gasteiger partial charge < -0.3 is 15.2 Å². The van der Waals surface area contributed by atoms with Crippen LogP contribution in [0.3, 0.4) is 0 Å². The van der Waals surface area contributed by atoms with E-state index in [1.165, 1.54) is 11.5 Å². The van der Waals surface area contributed by atoms with Gasteiger partial charge in [0.25, 0.3) is 0 Å². The van der Waals surface area contributed by atoms with Crippen LogP contribution in [0.4, 0.5) is 0 Å². The van der Waals surface area contributed by atoms with Crippen molar-refractivity contribution in [2.24, 2.45) is 0 Å². The third kappa shape index (κ3) is 5.60. The molecule has 0 spiro atoms. The molecule has 0 amide bonds. The average Bonchev–Trinajstić information content (AvgIpc) is 3.15. The lowest BCUT2D eigenvalue weighted by Crippen LogP contribution is -2.42. The molecule has 1 aromatic heterocycles. The molecule has 6 heteroatoms. The Morgan fingerprint density at radius 1 is 1.04 bits per heavy atom. The number of aliphatic hydroxyl groups excluding tert-OH is 1. The van der Waals surface area contributed by atoms with Crippen molar-refractivity contribution in [1.29, 1.82) is 0 Å². The number of hydrogen-bond donors (Lipinski definition) is 2. The normalized spacial score (nSPS) is 12.7. The Morgan fingerprint density at radius 2 is 1.74 bits per heavy atom. The van der Waals surface area contributed by atoms with Gasteiger partial charge in [-0.25, -0.2) is 0 Å². The molecule has 5 nitrogen and oxygen atoms in total. The van der Waals surface area contributed by atoms with Crippen molar-refractivity contribution in [2.75, 3.05) is 13.2 Å². The van der Waals surface area contributed by atoms with Gasteiger partial charge in [-0.05, 0) is 62.1 Å². The summed E-state index contributed by atoms with van der Waals surface area (Å²) in [6, 6.07) is 17.9. The van der Waals surface area contributed by atoms with Crippen LogP contribution in [0, 0.1) is 0 Å². The van der Waals surface area contributed by atoms with Gasteiger partial charge in [-0.3, -0.25) is 0 Å². The van der Waals surface area contributed by atoms with Crippen molar-refractivity contribution in [3.05, 3.63) is 54.6 Å². The highest BCUT2D eigenvalue weighted by Crippen LogP contribution is 2.33. The Labute approximate surface area is 164 Å². The number of hydrogen-bond acceptors (Lipinski definition) is 6. The summed E-state index contributed by atoms with van der Waals surface area (Å²) in [5.74, 6) is 0.720. The minimum Gasteiger partial charge on any atom is -0.491 e. The van der Waals surface area contributed by atoms with Gasteiger partial charge in [0.2, 0.25) is 0 Å². The SMILES string of the molecule is CC(C)(C)NCC(O)COc1ccc(-c2nnsc2-c2ccccc2)cc1. The van der Waals surface area contributed by atoms with Crippen molar-refractivity contribution in [2.45, 2.75) is 32.4 Å². The molecule has 3 aromatic rings. The maximum Gasteiger partial charge on any atom is 0.119 e. The van der Waals surface area contributed by atoms with E-state index in [9.17, 15) is 5.11 Å². The van der Waals surface area contributed by atoms with Crippen LogP contribution in [0.15, 0.2) is 54.6 Å². The van der Waals surface area contributed by atoms with Gasteiger partial charge in [-0.2, -0.15) is 0 Å². The molecule has 2 aromatic carbocycles. The molecule has 3 rings (SSSR count). The summed E-state index contributed by atoms with van der Waals surface area (Å²) in [5.41, 5.74) is 2.94. The molecule has 1 heterocycles. The third-order valence-corrected chi connectivity index (χ3v) is 4.74. The van der Waals surface area contributed by atoms with Gasteiger partial charge in [-0.15, -0.1) is 5.10 Å². The lowest BCUT2D eigenvalue weighted by atomic mass is 10.1. The molecule has 1 atom stereocenters. The quantitative estimate of drug-likeness (QED) is 0.645. The van der Waals surface area contributed by atoms with Gasteiger partial charge >= 0.3 is 0 Å². The molecule has 0 fully saturated rings. The number of aliphatic hydroxyl groups is 1. The van der Waals surface area contributed by atoms with E-state index in [0.717, 1.165) is 27.4 Å². The minimum atomic E-state index is -0.559. The van der Waals surface area contributed by atoms with Gasteiger partial charge in [0.05, 0.1) is 4.88 Å². The molecule has 2 N–H and O–H groups in total. The summed E-state index contributed by atoms with van der Waals surface area (Å²) < 4.78 is 9.81. The van der Waals surface area contributed by atoms with Crippen molar-refractivity contribution in [3.63, 3.8) is 0 Å². The fourth-order valence-electron chi connectivity index (χ4n) is 2.54. The highest BCUT2D eigenvalue weighted by molar-refractivity contribution is 7.09. The number of β-amino-alcohol motifs (C(OH)–C–C–N with tert-alkyl or cyclic N) is 1. The van der Waals surface area contributed by atoms with E-state index >= 15 is 0 Å². The molecule has 0 saturated heterocycles. The number of ether oxygens (including phenoxy) is 1. The lowest BCUT2D eigenvalue weighted by Gasteiger charge is -2.22. The second kappa shape index (κ2) is 8.61. The van der Waals surface area contributed by atoms with E-state index in [1.807, 2.05) is 42.5 Å². The van der Waals surface area contributed by atoms with Crippen LogP contribution in [0.5, 0.6) is 5.75 Å². The Kier molecular flexibility index (Phi) is 6.21. The molecular weight excluding hydrogens is 358 g/mol. The standard InChI is InChI=1S/C21H25N3O2S/c1-21(2,3)22-13-17(25)14-26-18-11-9-15(10-12-18)19-20(27-24-23-19)16-7-5-4-6-8-16/h4-12,17,22,25H,13-14H2,1-3H3. The van der Waals surface area contributed by atoms with E-state index in [1.54, 1.807) is 0 Å². The molecule has 27 heavy (non-hydrogen) atoms. The maximum atomic E-state index is 10.0. The van der Waals surface area contributed by atoms with Crippen molar-refractivity contribution < 1.29 is 9.84 Å². The predicted octanol–water partition coefficient (Wildman–Crippen LogP) is 4.00. The molecule has 0 saturated carbocycles. The Balaban J connectivity index is 1.63. The maximum absolute atomic E-state index is 10.0. The minimum absolute atomic E-state index is 0.0271. The molecule has 0 aliphatic heterocycles. The molecule has 0 aliphatic carbocycles. The monoisotopic (exact) mass is 383 g/mol. The molecular formula is C21H25N3O2S. The van der Waals surface area contributed by atoms with Crippen LogP contribution in [-0.2, 0) is 0 Å². The average molecular weight is 384 g/mol. The van der Waals surface area contributed by atoms with E-state index in [-0.39, 0.29) is 12.1 Å². The summed E-state index contributed by atoms with van der Waals surface area (Å²) in [5, 5.41) is 17.6. The fourth-order valence-corrected chi connectivity index (χ4v) is 3.23. The summed E-state index contributed by atoms with van der Waals surface area (Å²) in [6.45, 7) is 6.94. The van der Waals surface area contributed by atoms with Crippen LogP contribution >= 0.6 is 11.5 Å². The lowest BCUT2D eigenvalue weighted by molar-refractivity contribution is 0.100. The summed E-state index contributed by atoms with van der Waals surface area (Å²) in [7, 11) is 0. The van der Waals surface area contributed by atoms with E-state index < -0.39 is 6.10 Å². The van der Waals surface area contributed by atoms with Gasteiger partial charge in [-0.1, -0.05) is 34.8 Å². The van der Waals surface area contributed by atoms with E-state index in [4.69, 9.17) is 4.74 Å². The van der Waals surface area contributed by atoms with E-state index in [2.05, 4.69) is 47.8 Å². The van der Waals surface area contributed by atoms with Gasteiger partial charge in [0, 0.05) is 17.6 Å². The van der Waals surface area contributed by atoms with Crippen LogP contribution in [-0.4, -0.2) is 39.5 Å². The Morgan fingerprint density at radius 3 is 2.41 bits per heavy atom. The van der Waals surface area contributed by atoms with Crippen LogP contribution < -0.4 is 10.1 Å². The van der Waals surface area contributed by atoms with Crippen molar-refractivity contribution in [3.8, 4) is 27.4 Å². The molecule has 0 aliphatic rings. The molecule has 0 bridgehead atoms. The highest BCUT2D eigenvalue weighted by atomic mass is 32.1. The summed E-state index contributed by atoms with van der Waals surface area (Å²) in [4.78, 5) is 1.05. The number of benzene rings is 2. The van der Waals surface area contributed by atoms with Gasteiger partial charge in [0.1, 0.15) is 24.2 Å². The summed E-state index contributed by atoms with van der Waals surface area (Å²) >= 11 is 1.39. The molecule has 1 unspecified atom stereocenters. The third-order valence-electron chi connectivity index (χ3n) is 3.96. The number of aromatic nitrogens is 2. The molecule has 142 valence electrons. The first kappa shape index (κ1) is 19.5. The zero-order valence-corrected chi connectivity index (χ0v) is 16.7. The van der Waals surface area contributed by atoms with Crippen molar-refractivity contribution in [1.82, 2.24) is 14.9 Å². The second-order valence-electron chi connectivity index (χ2n) is 7.44. The first-order chi connectivity index (χ1) is 12.9. The zero-order chi connectivity index (χ0) is 19.3. The predicted molar refractivity (Wildman–Crippen MR) is 110 cm³/mol. The topological polar surface area (TPSA) is 67.3 Å². The first-order valence-electron chi connectivity index (χ1n) is 8.96. The first-order valence-corrected chi connectivity index (χ1v) is 9.74.